The summed E-state index contributed by atoms with van der Waals surface area (Å²) in [5.41, 5.74) is 1.50. The molecule has 3 rings (SSSR count). The zero-order valence-corrected chi connectivity index (χ0v) is 11.8. The van der Waals surface area contributed by atoms with Crippen molar-refractivity contribution in [1.29, 1.82) is 0 Å². The number of nitrogens with zero attached hydrogens (tertiary/aromatic N) is 2. The molecule has 0 atom stereocenters. The van der Waals surface area contributed by atoms with E-state index in [9.17, 15) is 4.79 Å². The van der Waals surface area contributed by atoms with Gasteiger partial charge in [0.1, 0.15) is 11.4 Å². The van der Waals surface area contributed by atoms with E-state index < -0.39 is 5.54 Å². The highest BCUT2D eigenvalue weighted by Gasteiger charge is 2.51. The van der Waals surface area contributed by atoms with Crippen molar-refractivity contribution in [3.8, 4) is 0 Å². The molecule has 20 heavy (non-hydrogen) atoms. The van der Waals surface area contributed by atoms with Gasteiger partial charge in [0.05, 0.1) is 13.7 Å². The molecule has 1 N–H and O–H groups in total. The molecule has 1 aromatic rings. The van der Waals surface area contributed by atoms with Gasteiger partial charge in [-0.2, -0.15) is 0 Å². The minimum Gasteiger partial charge on any atom is -0.467 e. The molecule has 0 radical (unpaired) electrons. The summed E-state index contributed by atoms with van der Waals surface area (Å²) in [4.78, 5) is 18.4. The first-order valence-corrected chi connectivity index (χ1v) is 6.87. The molecule has 0 aromatic heterocycles. The Morgan fingerprint density at radius 3 is 2.85 bits per heavy atom. The fourth-order valence-electron chi connectivity index (χ4n) is 2.56. The van der Waals surface area contributed by atoms with Crippen LogP contribution in [0.25, 0.3) is 0 Å². The van der Waals surface area contributed by atoms with Crippen molar-refractivity contribution in [2.24, 2.45) is 4.99 Å². The lowest BCUT2D eigenvalue weighted by Gasteiger charge is -2.18. The Morgan fingerprint density at radius 2 is 2.25 bits per heavy atom. The number of methoxy groups -OCH3 is 1. The van der Waals surface area contributed by atoms with Crippen molar-refractivity contribution >= 4 is 17.5 Å². The number of nitrogens with one attached hydrogen (secondary N) is 1. The molecule has 1 aliphatic heterocycles. The van der Waals surface area contributed by atoms with E-state index in [1.54, 1.807) is 0 Å². The molecule has 1 aromatic carbocycles. The van der Waals surface area contributed by atoms with Crippen LogP contribution in [0.2, 0.25) is 0 Å². The lowest BCUT2D eigenvalue weighted by molar-refractivity contribution is -0.142. The first-order chi connectivity index (χ1) is 9.64. The molecule has 0 spiro atoms. The quantitative estimate of drug-likeness (QED) is 0.845. The van der Waals surface area contributed by atoms with E-state index in [2.05, 4.69) is 15.2 Å². The minimum absolute atomic E-state index is 0.182. The number of amidine groups is 1. The van der Waals surface area contributed by atoms with Gasteiger partial charge in [-0.05, 0) is 25.0 Å². The molecule has 1 saturated carbocycles. The van der Waals surface area contributed by atoms with E-state index in [0.29, 0.717) is 0 Å². The predicted octanol–water partition coefficient (Wildman–Crippen LogP) is 1.50. The van der Waals surface area contributed by atoms with Gasteiger partial charge >= 0.3 is 5.97 Å². The van der Waals surface area contributed by atoms with Crippen LogP contribution in [0.3, 0.4) is 0 Å². The predicted molar refractivity (Wildman–Crippen MR) is 78.1 cm³/mol. The topological polar surface area (TPSA) is 53.9 Å². The van der Waals surface area contributed by atoms with Gasteiger partial charge in [0, 0.05) is 24.8 Å². The first kappa shape index (κ1) is 13.0. The van der Waals surface area contributed by atoms with Crippen molar-refractivity contribution < 1.29 is 9.53 Å². The van der Waals surface area contributed by atoms with Crippen molar-refractivity contribution in [2.45, 2.75) is 18.4 Å². The van der Waals surface area contributed by atoms with Gasteiger partial charge in [-0.25, -0.2) is 4.79 Å². The fraction of sp³-hybridized carbons (Fsp3) is 0.467. The molecule has 1 heterocycles. The number of likely N-dealkylation sites (N-methyl/N-ethyl adjacent to an activating group) is 1. The van der Waals surface area contributed by atoms with E-state index in [0.717, 1.165) is 43.0 Å². The first-order valence-electron chi connectivity index (χ1n) is 6.87. The molecule has 5 heteroatoms. The molecule has 0 unspecified atom stereocenters. The van der Waals surface area contributed by atoms with Crippen LogP contribution in [-0.2, 0) is 9.53 Å². The van der Waals surface area contributed by atoms with Gasteiger partial charge in [-0.15, -0.1) is 0 Å². The van der Waals surface area contributed by atoms with Gasteiger partial charge in [0.15, 0.2) is 0 Å². The molecule has 0 bridgehead atoms. The normalized spacial score (nSPS) is 19.5. The van der Waals surface area contributed by atoms with Gasteiger partial charge in [0.25, 0.3) is 0 Å². The summed E-state index contributed by atoms with van der Waals surface area (Å²) < 4.78 is 4.86. The summed E-state index contributed by atoms with van der Waals surface area (Å²) in [5.74, 6) is 0.829. The Bertz CT molecular complexity index is 564. The second kappa shape index (κ2) is 4.81. The second-order valence-corrected chi connectivity index (χ2v) is 5.41. The van der Waals surface area contributed by atoms with Crippen molar-refractivity contribution in [1.82, 2.24) is 4.90 Å². The molecule has 106 valence electrons. The molecule has 1 aliphatic carbocycles. The highest BCUT2D eigenvalue weighted by atomic mass is 16.5. The summed E-state index contributed by atoms with van der Waals surface area (Å²) in [6, 6.07) is 8.05. The van der Waals surface area contributed by atoms with E-state index >= 15 is 0 Å². The SMILES string of the molecule is COC(=O)C1(Nc2cccc(C3=NCCN3C)c2)CC1. The van der Waals surface area contributed by atoms with Gasteiger partial charge in [-0.1, -0.05) is 12.1 Å². The van der Waals surface area contributed by atoms with Crippen LogP contribution in [0.4, 0.5) is 5.69 Å². The Hall–Kier alpha value is -2.04. The molecular formula is C15H19N3O2. The van der Waals surface area contributed by atoms with Gasteiger partial charge < -0.3 is 15.0 Å². The summed E-state index contributed by atoms with van der Waals surface area (Å²) in [7, 11) is 3.48. The van der Waals surface area contributed by atoms with E-state index in [1.165, 1.54) is 7.11 Å². The average molecular weight is 273 g/mol. The summed E-state index contributed by atoms with van der Waals surface area (Å²) in [6.45, 7) is 1.80. The highest BCUT2D eigenvalue weighted by Crippen LogP contribution is 2.40. The zero-order valence-electron chi connectivity index (χ0n) is 11.8. The third kappa shape index (κ3) is 2.24. The number of carbonyl (C=O) groups is 1. The largest absolute Gasteiger partial charge is 0.467 e. The molecule has 0 saturated heterocycles. The van der Waals surface area contributed by atoms with Crippen LogP contribution in [0.15, 0.2) is 29.3 Å². The Balaban J connectivity index is 1.80. The Morgan fingerprint density at radius 1 is 1.45 bits per heavy atom. The third-order valence-corrected chi connectivity index (χ3v) is 3.89. The second-order valence-electron chi connectivity index (χ2n) is 5.41. The molecular weight excluding hydrogens is 254 g/mol. The monoisotopic (exact) mass is 273 g/mol. The van der Waals surface area contributed by atoms with Crippen LogP contribution in [0.1, 0.15) is 18.4 Å². The molecule has 2 aliphatic rings. The molecule has 0 amide bonds. The standard InChI is InChI=1S/C15H19N3O2/c1-18-9-8-16-13(18)11-4-3-5-12(10-11)17-15(6-7-15)14(19)20-2/h3-5,10,17H,6-9H2,1-2H3. The van der Waals surface area contributed by atoms with Crippen LogP contribution in [-0.4, -0.2) is 49.5 Å². The van der Waals surface area contributed by atoms with Crippen LogP contribution < -0.4 is 5.32 Å². The Kier molecular flexibility index (Phi) is 3.12. The lowest BCUT2D eigenvalue weighted by atomic mass is 10.1. The zero-order chi connectivity index (χ0) is 14.2. The van der Waals surface area contributed by atoms with Crippen molar-refractivity contribution in [3.63, 3.8) is 0 Å². The number of esters is 1. The van der Waals surface area contributed by atoms with E-state index in [4.69, 9.17) is 4.74 Å². The van der Waals surface area contributed by atoms with Crippen LogP contribution >= 0.6 is 0 Å². The molecule has 1 fully saturated rings. The average Bonchev–Trinajstić information content (AvgIpc) is 3.11. The van der Waals surface area contributed by atoms with Crippen molar-refractivity contribution in [3.05, 3.63) is 29.8 Å². The maximum absolute atomic E-state index is 11.8. The number of aliphatic imine (C=N–C) groups is 1. The summed E-state index contributed by atoms with van der Waals surface area (Å²) >= 11 is 0. The number of hydrogen-bond acceptors (Lipinski definition) is 5. The smallest absolute Gasteiger partial charge is 0.331 e. The van der Waals surface area contributed by atoms with Crippen molar-refractivity contribution in [2.75, 3.05) is 32.6 Å². The highest BCUT2D eigenvalue weighted by molar-refractivity contribution is 6.00. The number of benzene rings is 1. The number of rotatable bonds is 4. The molecule has 5 nitrogen and oxygen atoms in total. The summed E-state index contributed by atoms with van der Waals surface area (Å²) in [6.07, 6.45) is 1.65. The van der Waals surface area contributed by atoms with Gasteiger partial charge in [0.2, 0.25) is 0 Å². The van der Waals surface area contributed by atoms with Gasteiger partial charge in [-0.3, -0.25) is 4.99 Å². The Labute approximate surface area is 118 Å². The fourth-order valence-corrected chi connectivity index (χ4v) is 2.56. The third-order valence-electron chi connectivity index (χ3n) is 3.89. The lowest BCUT2D eigenvalue weighted by Crippen LogP contribution is -2.33. The number of carbonyl (C=O) groups excluding carboxylic acids is 1. The maximum atomic E-state index is 11.8. The number of ether oxygens (including phenoxy) is 1. The number of anilines is 1. The van der Waals surface area contributed by atoms with Crippen LogP contribution in [0, 0.1) is 0 Å². The van der Waals surface area contributed by atoms with Crippen LogP contribution in [0.5, 0.6) is 0 Å². The van der Waals surface area contributed by atoms with E-state index in [1.807, 2.05) is 31.3 Å². The van der Waals surface area contributed by atoms with E-state index in [-0.39, 0.29) is 5.97 Å². The maximum Gasteiger partial charge on any atom is 0.331 e. The number of hydrogen-bond donors (Lipinski definition) is 1. The summed E-state index contributed by atoms with van der Waals surface area (Å²) in [5, 5.41) is 3.31. The minimum atomic E-state index is -0.517.